The highest BCUT2D eigenvalue weighted by Gasteiger charge is 2.37. The van der Waals surface area contributed by atoms with Gasteiger partial charge < -0.3 is 15.0 Å². The third kappa shape index (κ3) is 5.00. The van der Waals surface area contributed by atoms with Crippen LogP contribution in [0.3, 0.4) is 0 Å². The largest absolute Gasteiger partial charge is 0.497 e. The maximum absolute atomic E-state index is 12.8. The van der Waals surface area contributed by atoms with E-state index in [0.29, 0.717) is 12.1 Å². The predicted molar refractivity (Wildman–Crippen MR) is 117 cm³/mol. The second kappa shape index (κ2) is 8.86. The van der Waals surface area contributed by atoms with Crippen LogP contribution in [0.4, 0.5) is 5.69 Å². The average molecular weight is 449 g/mol. The van der Waals surface area contributed by atoms with Gasteiger partial charge in [0.2, 0.25) is 5.91 Å². The van der Waals surface area contributed by atoms with Crippen LogP contribution in [0.15, 0.2) is 29.4 Å². The van der Waals surface area contributed by atoms with Crippen LogP contribution in [0.5, 0.6) is 5.75 Å². The van der Waals surface area contributed by atoms with Crippen molar-refractivity contribution in [2.24, 2.45) is 5.10 Å². The lowest BCUT2D eigenvalue weighted by atomic mass is 10.0. The lowest BCUT2D eigenvalue weighted by Crippen LogP contribution is -2.49. The quantitative estimate of drug-likeness (QED) is 0.718. The Bertz CT molecular complexity index is 968. The Morgan fingerprint density at radius 2 is 1.84 bits per heavy atom. The summed E-state index contributed by atoms with van der Waals surface area (Å²) in [6.45, 7) is 1.66. The summed E-state index contributed by atoms with van der Waals surface area (Å²) in [6.07, 6.45) is 2.46. The SMILES string of the molecule is COc1ccc(N2CCC(NC(=O)C3=NN(C4CCS(=O)(=O)C4)C(=O)CC3)CC2)cc1. The highest BCUT2D eigenvalue weighted by atomic mass is 32.2. The Hall–Kier alpha value is -2.62. The Morgan fingerprint density at radius 3 is 2.45 bits per heavy atom. The molecule has 0 aliphatic carbocycles. The summed E-state index contributed by atoms with van der Waals surface area (Å²) >= 11 is 0. The van der Waals surface area contributed by atoms with Gasteiger partial charge in [0.05, 0.1) is 24.7 Å². The van der Waals surface area contributed by atoms with E-state index in [9.17, 15) is 18.0 Å². The van der Waals surface area contributed by atoms with Gasteiger partial charge in [-0.15, -0.1) is 0 Å². The zero-order valence-corrected chi connectivity index (χ0v) is 18.4. The highest BCUT2D eigenvalue weighted by Crippen LogP contribution is 2.24. The molecule has 1 atom stereocenters. The fourth-order valence-corrected chi connectivity index (χ4v) is 6.02. The lowest BCUT2D eigenvalue weighted by molar-refractivity contribution is -0.133. The average Bonchev–Trinajstić information content (AvgIpc) is 3.14. The van der Waals surface area contributed by atoms with E-state index in [1.165, 1.54) is 5.01 Å². The molecule has 168 valence electrons. The van der Waals surface area contributed by atoms with Crippen molar-refractivity contribution in [2.45, 2.75) is 44.2 Å². The van der Waals surface area contributed by atoms with Gasteiger partial charge in [0, 0.05) is 37.7 Å². The van der Waals surface area contributed by atoms with E-state index in [4.69, 9.17) is 4.74 Å². The number of nitrogens with zero attached hydrogens (tertiary/aromatic N) is 3. The number of sulfone groups is 1. The van der Waals surface area contributed by atoms with Crippen molar-refractivity contribution < 1.29 is 22.7 Å². The first-order chi connectivity index (χ1) is 14.8. The van der Waals surface area contributed by atoms with Crippen molar-refractivity contribution >= 4 is 33.1 Å². The minimum atomic E-state index is -3.14. The van der Waals surface area contributed by atoms with Crippen molar-refractivity contribution in [1.29, 1.82) is 0 Å². The van der Waals surface area contributed by atoms with Gasteiger partial charge in [-0.05, 0) is 43.5 Å². The molecular weight excluding hydrogens is 420 g/mol. The predicted octanol–water partition coefficient (Wildman–Crippen LogP) is 0.946. The summed E-state index contributed by atoms with van der Waals surface area (Å²) in [5.41, 5.74) is 1.43. The molecule has 10 heteroatoms. The molecule has 0 spiro atoms. The zero-order valence-electron chi connectivity index (χ0n) is 17.6. The first-order valence-corrected chi connectivity index (χ1v) is 12.5. The van der Waals surface area contributed by atoms with Gasteiger partial charge in [-0.25, -0.2) is 13.4 Å². The van der Waals surface area contributed by atoms with Crippen LogP contribution < -0.4 is 15.0 Å². The molecule has 0 aromatic heterocycles. The number of hydrogen-bond acceptors (Lipinski definition) is 7. The van der Waals surface area contributed by atoms with Crippen LogP contribution in [0.25, 0.3) is 0 Å². The molecule has 0 bridgehead atoms. The number of piperidine rings is 1. The van der Waals surface area contributed by atoms with E-state index in [-0.39, 0.29) is 42.2 Å². The molecule has 2 amide bonds. The molecule has 1 aromatic rings. The maximum Gasteiger partial charge on any atom is 0.267 e. The number of methoxy groups -OCH3 is 1. The minimum Gasteiger partial charge on any atom is -0.497 e. The van der Waals surface area contributed by atoms with Crippen LogP contribution in [0.1, 0.15) is 32.1 Å². The second-order valence-corrected chi connectivity index (χ2v) is 10.5. The Morgan fingerprint density at radius 1 is 1.13 bits per heavy atom. The summed E-state index contributed by atoms with van der Waals surface area (Å²) in [7, 11) is -1.49. The summed E-state index contributed by atoms with van der Waals surface area (Å²) in [5, 5.41) is 8.54. The van der Waals surface area contributed by atoms with Crippen molar-refractivity contribution in [3.8, 4) is 5.75 Å². The number of anilines is 1. The van der Waals surface area contributed by atoms with Crippen molar-refractivity contribution in [3.63, 3.8) is 0 Å². The lowest BCUT2D eigenvalue weighted by Gasteiger charge is -2.34. The molecule has 1 aromatic carbocycles. The van der Waals surface area contributed by atoms with Gasteiger partial charge in [-0.3, -0.25) is 9.59 Å². The Labute approximate surface area is 182 Å². The number of hydrogen-bond donors (Lipinski definition) is 1. The van der Waals surface area contributed by atoms with Gasteiger partial charge in [0.15, 0.2) is 9.84 Å². The molecule has 2 saturated heterocycles. The second-order valence-electron chi connectivity index (χ2n) is 8.27. The van der Waals surface area contributed by atoms with Crippen molar-refractivity contribution in [3.05, 3.63) is 24.3 Å². The van der Waals surface area contributed by atoms with Crippen molar-refractivity contribution in [1.82, 2.24) is 10.3 Å². The molecule has 1 unspecified atom stereocenters. The molecule has 2 fully saturated rings. The smallest absolute Gasteiger partial charge is 0.267 e. The van der Waals surface area contributed by atoms with Gasteiger partial charge in [-0.2, -0.15) is 5.10 Å². The number of amides is 2. The van der Waals surface area contributed by atoms with Gasteiger partial charge in [0.25, 0.3) is 5.91 Å². The van der Waals surface area contributed by atoms with Crippen LogP contribution in [-0.4, -0.2) is 74.7 Å². The number of benzene rings is 1. The summed E-state index contributed by atoms with van der Waals surface area (Å²) in [5.74, 6) is 0.321. The first-order valence-electron chi connectivity index (χ1n) is 10.6. The van der Waals surface area contributed by atoms with Crippen LogP contribution >= 0.6 is 0 Å². The van der Waals surface area contributed by atoms with Crippen LogP contribution in [0.2, 0.25) is 0 Å². The third-order valence-electron chi connectivity index (χ3n) is 6.14. The fraction of sp³-hybridized carbons (Fsp3) is 0.571. The topological polar surface area (TPSA) is 108 Å². The number of carbonyl (C=O) groups is 2. The van der Waals surface area contributed by atoms with Crippen LogP contribution in [0, 0.1) is 0 Å². The molecule has 0 radical (unpaired) electrons. The number of hydrazone groups is 1. The van der Waals surface area contributed by atoms with Crippen molar-refractivity contribution in [2.75, 3.05) is 36.6 Å². The van der Waals surface area contributed by atoms with E-state index in [0.717, 1.165) is 37.4 Å². The number of nitrogens with one attached hydrogen (secondary N) is 1. The summed E-state index contributed by atoms with van der Waals surface area (Å²) in [4.78, 5) is 27.3. The number of rotatable bonds is 5. The Kier molecular flexibility index (Phi) is 6.17. The fourth-order valence-electron chi connectivity index (χ4n) is 4.33. The molecule has 9 nitrogen and oxygen atoms in total. The minimum absolute atomic E-state index is 0.0441. The third-order valence-corrected chi connectivity index (χ3v) is 7.89. The molecule has 3 aliphatic rings. The monoisotopic (exact) mass is 448 g/mol. The zero-order chi connectivity index (χ0) is 22.0. The van der Waals surface area contributed by atoms with E-state index in [1.807, 2.05) is 24.3 Å². The Balaban J connectivity index is 1.33. The highest BCUT2D eigenvalue weighted by molar-refractivity contribution is 7.91. The molecule has 4 rings (SSSR count). The number of ether oxygens (including phenoxy) is 1. The van der Waals surface area contributed by atoms with E-state index < -0.39 is 15.9 Å². The van der Waals surface area contributed by atoms with Gasteiger partial charge >= 0.3 is 0 Å². The number of carbonyl (C=O) groups excluding carboxylic acids is 2. The maximum atomic E-state index is 12.8. The summed E-state index contributed by atoms with van der Waals surface area (Å²) < 4.78 is 28.7. The van der Waals surface area contributed by atoms with Crippen LogP contribution in [-0.2, 0) is 19.4 Å². The normalized spacial score (nSPS) is 24.1. The molecule has 31 heavy (non-hydrogen) atoms. The van der Waals surface area contributed by atoms with Gasteiger partial charge in [0.1, 0.15) is 11.5 Å². The standard InChI is InChI=1S/C21H28N4O5S/c1-30-18-4-2-16(3-5-18)24-11-8-15(9-12-24)22-21(27)19-6-7-20(26)25(23-19)17-10-13-31(28,29)14-17/h2-5,15,17H,6-14H2,1H3,(H,22,27). The molecule has 1 N–H and O–H groups in total. The van der Waals surface area contributed by atoms with Gasteiger partial charge in [-0.1, -0.05) is 0 Å². The molecule has 3 heterocycles. The van der Waals surface area contributed by atoms with E-state index in [1.54, 1.807) is 7.11 Å². The molecule has 3 aliphatic heterocycles. The van der Waals surface area contributed by atoms with E-state index >= 15 is 0 Å². The van der Waals surface area contributed by atoms with E-state index in [2.05, 4.69) is 15.3 Å². The molecule has 0 saturated carbocycles. The first kappa shape index (κ1) is 21.6. The summed E-state index contributed by atoms with van der Waals surface area (Å²) in [6, 6.07) is 7.52. The molecular formula is C21H28N4O5S.